The topological polar surface area (TPSA) is 79.5 Å². The van der Waals surface area contributed by atoms with Crippen LogP contribution in [0.15, 0.2) is 77.4 Å². The lowest BCUT2D eigenvalue weighted by atomic mass is 10.0. The van der Waals surface area contributed by atoms with Crippen LogP contribution in [0.4, 0.5) is 11.4 Å². The number of aliphatic hydroxyl groups is 1. The van der Waals surface area contributed by atoms with E-state index in [2.05, 4.69) is 10.3 Å². The standard InChI is InChI=1S/C23H18N4O2S/c28-13-23-26-21(14-30-23)16-5-3-4-15(10-16)19-12-22(29)25-20-11-17(6-7-18(20)24-19)27-8-1-2-9-27/h1-11,14,28H,12-13H2,(H,25,29). The van der Waals surface area contributed by atoms with Gasteiger partial charge in [0.05, 0.1) is 35.8 Å². The smallest absolute Gasteiger partial charge is 0.230 e. The number of anilines is 1. The van der Waals surface area contributed by atoms with E-state index in [9.17, 15) is 9.90 Å². The predicted molar refractivity (Wildman–Crippen MR) is 119 cm³/mol. The Balaban J connectivity index is 1.53. The molecule has 1 aliphatic heterocycles. The second kappa shape index (κ2) is 7.70. The lowest BCUT2D eigenvalue weighted by molar-refractivity contribution is -0.115. The van der Waals surface area contributed by atoms with Gasteiger partial charge in [-0.1, -0.05) is 18.2 Å². The Hall–Kier alpha value is -3.55. The summed E-state index contributed by atoms with van der Waals surface area (Å²) in [7, 11) is 0. The van der Waals surface area contributed by atoms with Crippen LogP contribution >= 0.6 is 11.3 Å². The average molecular weight is 414 g/mol. The molecule has 0 atom stereocenters. The first-order valence-electron chi connectivity index (χ1n) is 9.50. The zero-order valence-corrected chi connectivity index (χ0v) is 16.8. The van der Waals surface area contributed by atoms with Crippen LogP contribution in [-0.2, 0) is 11.4 Å². The van der Waals surface area contributed by atoms with Crippen molar-refractivity contribution in [3.05, 3.63) is 82.9 Å². The number of nitrogens with zero attached hydrogens (tertiary/aromatic N) is 3. The highest BCUT2D eigenvalue weighted by atomic mass is 32.1. The largest absolute Gasteiger partial charge is 0.389 e. The number of aliphatic imine (C=N–C) groups is 1. The van der Waals surface area contributed by atoms with Crippen LogP contribution in [0.5, 0.6) is 0 Å². The number of carbonyl (C=O) groups excluding carboxylic acids is 1. The highest BCUT2D eigenvalue weighted by molar-refractivity contribution is 7.09. The second-order valence-corrected chi connectivity index (χ2v) is 7.88. The van der Waals surface area contributed by atoms with E-state index in [0.29, 0.717) is 16.4 Å². The minimum Gasteiger partial charge on any atom is -0.389 e. The fourth-order valence-corrected chi connectivity index (χ4v) is 4.12. The van der Waals surface area contributed by atoms with Gasteiger partial charge in [0, 0.05) is 29.0 Å². The Morgan fingerprint density at radius 1 is 1.07 bits per heavy atom. The van der Waals surface area contributed by atoms with Gasteiger partial charge in [0.15, 0.2) is 0 Å². The van der Waals surface area contributed by atoms with Gasteiger partial charge in [-0.25, -0.2) is 4.98 Å². The molecule has 0 saturated heterocycles. The summed E-state index contributed by atoms with van der Waals surface area (Å²) in [5.41, 5.74) is 5.71. The number of carbonyl (C=O) groups is 1. The van der Waals surface area contributed by atoms with Crippen molar-refractivity contribution in [2.75, 3.05) is 5.32 Å². The van der Waals surface area contributed by atoms with Crippen molar-refractivity contribution in [2.24, 2.45) is 4.99 Å². The van der Waals surface area contributed by atoms with Crippen molar-refractivity contribution in [3.63, 3.8) is 0 Å². The van der Waals surface area contributed by atoms with Gasteiger partial charge in [0.25, 0.3) is 0 Å². The van der Waals surface area contributed by atoms with E-state index in [1.807, 2.05) is 76.9 Å². The molecule has 3 heterocycles. The molecule has 2 N–H and O–H groups in total. The molecule has 6 nitrogen and oxygen atoms in total. The lowest BCUT2D eigenvalue weighted by Crippen LogP contribution is -2.15. The highest BCUT2D eigenvalue weighted by Crippen LogP contribution is 2.32. The molecular weight excluding hydrogens is 396 g/mol. The summed E-state index contributed by atoms with van der Waals surface area (Å²) in [6.45, 7) is -0.0704. The Kier molecular flexibility index (Phi) is 4.74. The van der Waals surface area contributed by atoms with E-state index in [4.69, 9.17) is 4.99 Å². The van der Waals surface area contributed by atoms with Crippen LogP contribution in [0.25, 0.3) is 16.9 Å². The normalized spacial score (nSPS) is 13.4. The molecule has 2 aromatic heterocycles. The van der Waals surface area contributed by atoms with Gasteiger partial charge in [-0.3, -0.25) is 9.79 Å². The first-order chi connectivity index (χ1) is 14.7. The molecule has 0 radical (unpaired) electrons. The molecule has 1 aliphatic rings. The van der Waals surface area contributed by atoms with Crippen molar-refractivity contribution < 1.29 is 9.90 Å². The average Bonchev–Trinajstić information content (AvgIpc) is 3.44. The zero-order chi connectivity index (χ0) is 20.5. The van der Waals surface area contributed by atoms with E-state index in [1.54, 1.807) is 0 Å². The number of rotatable bonds is 4. The Bertz CT molecular complexity index is 1260. The number of hydrogen-bond donors (Lipinski definition) is 2. The quantitative estimate of drug-likeness (QED) is 0.514. The minimum atomic E-state index is -0.0983. The third-order valence-electron chi connectivity index (χ3n) is 4.92. The van der Waals surface area contributed by atoms with Gasteiger partial charge >= 0.3 is 0 Å². The molecule has 1 amide bonds. The summed E-state index contributed by atoms with van der Waals surface area (Å²) >= 11 is 1.42. The van der Waals surface area contributed by atoms with Gasteiger partial charge < -0.3 is 15.0 Å². The Morgan fingerprint density at radius 3 is 2.70 bits per heavy atom. The summed E-state index contributed by atoms with van der Waals surface area (Å²) in [5, 5.41) is 14.8. The van der Waals surface area contributed by atoms with Gasteiger partial charge in [-0.05, 0) is 42.0 Å². The third-order valence-corrected chi connectivity index (χ3v) is 5.75. The van der Waals surface area contributed by atoms with Gasteiger partial charge in [0.1, 0.15) is 5.01 Å². The fraction of sp³-hybridized carbons (Fsp3) is 0.0870. The Labute approximate surface area is 177 Å². The number of hydrogen-bond acceptors (Lipinski definition) is 5. The van der Waals surface area contributed by atoms with Crippen LogP contribution < -0.4 is 5.32 Å². The molecular formula is C23H18N4O2S. The predicted octanol–water partition coefficient (Wildman–Crippen LogP) is 4.56. The van der Waals surface area contributed by atoms with Crippen molar-refractivity contribution >= 4 is 34.3 Å². The molecule has 0 saturated carbocycles. The van der Waals surface area contributed by atoms with Gasteiger partial charge in [0.2, 0.25) is 5.91 Å². The van der Waals surface area contributed by atoms with E-state index < -0.39 is 0 Å². The number of thiazole rings is 1. The molecule has 0 aliphatic carbocycles. The monoisotopic (exact) mass is 414 g/mol. The molecule has 4 aromatic rings. The third kappa shape index (κ3) is 3.56. The first kappa shape index (κ1) is 18.5. The van der Waals surface area contributed by atoms with Crippen molar-refractivity contribution in [1.82, 2.24) is 9.55 Å². The maximum Gasteiger partial charge on any atom is 0.230 e. The number of nitrogens with one attached hydrogen (secondary N) is 1. The maximum absolute atomic E-state index is 12.6. The van der Waals surface area contributed by atoms with Crippen LogP contribution in [0, 0.1) is 0 Å². The van der Waals surface area contributed by atoms with Crippen molar-refractivity contribution in [2.45, 2.75) is 13.0 Å². The van der Waals surface area contributed by atoms with Crippen LogP contribution in [0.3, 0.4) is 0 Å². The number of aromatic nitrogens is 2. The van der Waals surface area contributed by atoms with Crippen LogP contribution in [0.2, 0.25) is 0 Å². The number of amides is 1. The van der Waals surface area contributed by atoms with E-state index >= 15 is 0 Å². The SMILES string of the molecule is O=C1CC(c2cccc(-c3csc(CO)n3)c2)=Nc2ccc(-n3cccc3)cc2N1. The second-order valence-electron chi connectivity index (χ2n) is 6.94. The van der Waals surface area contributed by atoms with Gasteiger partial charge in [-0.2, -0.15) is 0 Å². The van der Waals surface area contributed by atoms with E-state index in [0.717, 1.165) is 28.2 Å². The minimum absolute atomic E-state index is 0.0704. The molecule has 0 fully saturated rings. The molecule has 148 valence electrons. The van der Waals surface area contributed by atoms with Crippen LogP contribution in [-0.4, -0.2) is 26.3 Å². The summed E-state index contributed by atoms with van der Waals surface area (Å²) in [6, 6.07) is 17.6. The molecule has 0 spiro atoms. The maximum atomic E-state index is 12.6. The Morgan fingerprint density at radius 2 is 1.90 bits per heavy atom. The summed E-state index contributed by atoms with van der Waals surface area (Å²) < 4.78 is 1.99. The first-order valence-corrected chi connectivity index (χ1v) is 10.4. The number of benzene rings is 2. The molecule has 30 heavy (non-hydrogen) atoms. The highest BCUT2D eigenvalue weighted by Gasteiger charge is 2.18. The van der Waals surface area contributed by atoms with Crippen molar-refractivity contribution in [3.8, 4) is 16.9 Å². The number of fused-ring (bicyclic) bond motifs is 1. The summed E-state index contributed by atoms with van der Waals surface area (Å²) in [5.74, 6) is -0.0983. The molecule has 2 aromatic carbocycles. The zero-order valence-electron chi connectivity index (χ0n) is 15.9. The van der Waals surface area contributed by atoms with E-state index in [1.165, 1.54) is 11.3 Å². The molecule has 7 heteroatoms. The molecule has 0 unspecified atom stereocenters. The lowest BCUT2D eigenvalue weighted by Gasteiger charge is -2.08. The van der Waals surface area contributed by atoms with Crippen LogP contribution in [0.1, 0.15) is 17.0 Å². The fourth-order valence-electron chi connectivity index (χ4n) is 3.46. The summed E-state index contributed by atoms with van der Waals surface area (Å²) in [4.78, 5) is 21.8. The van der Waals surface area contributed by atoms with Gasteiger partial charge in [-0.15, -0.1) is 11.3 Å². The summed E-state index contributed by atoms with van der Waals surface area (Å²) in [6.07, 6.45) is 4.11. The van der Waals surface area contributed by atoms with Crippen molar-refractivity contribution in [1.29, 1.82) is 0 Å². The molecule has 5 rings (SSSR count). The molecule has 0 bridgehead atoms. The van der Waals surface area contributed by atoms with E-state index in [-0.39, 0.29) is 18.9 Å². The number of aliphatic hydroxyl groups excluding tert-OH is 1.